The Morgan fingerprint density at radius 2 is 1.66 bits per heavy atom. The predicted octanol–water partition coefficient (Wildman–Crippen LogP) is 5.27. The molecule has 0 saturated carbocycles. The van der Waals surface area contributed by atoms with Gasteiger partial charge in [0.15, 0.2) is 11.0 Å². The lowest BCUT2D eigenvalue weighted by atomic mass is 10.1. The summed E-state index contributed by atoms with van der Waals surface area (Å²) in [7, 11) is 0. The minimum absolute atomic E-state index is 0.00892. The molecule has 2 heterocycles. The van der Waals surface area contributed by atoms with Crippen LogP contribution < -0.4 is 4.90 Å². The van der Waals surface area contributed by atoms with E-state index in [1.807, 2.05) is 31.2 Å². The van der Waals surface area contributed by atoms with Gasteiger partial charge in [-0.3, -0.25) is 14.5 Å². The maximum absolute atomic E-state index is 13.2. The van der Waals surface area contributed by atoms with Gasteiger partial charge in [-0.2, -0.15) is 0 Å². The molecule has 2 aliphatic rings. The van der Waals surface area contributed by atoms with Gasteiger partial charge in [-0.1, -0.05) is 23.9 Å². The van der Waals surface area contributed by atoms with Crippen LogP contribution in [0.5, 0.6) is 0 Å². The zero-order valence-corrected chi connectivity index (χ0v) is 18.1. The predicted molar refractivity (Wildman–Crippen MR) is 121 cm³/mol. The van der Waals surface area contributed by atoms with E-state index in [1.165, 1.54) is 16.7 Å². The van der Waals surface area contributed by atoms with Gasteiger partial charge in [0.05, 0.1) is 11.4 Å². The summed E-state index contributed by atoms with van der Waals surface area (Å²) < 4.78 is 0. The van der Waals surface area contributed by atoms with Gasteiger partial charge in [0, 0.05) is 23.5 Å². The molecule has 1 fully saturated rings. The third-order valence-corrected chi connectivity index (χ3v) is 7.18. The monoisotopic (exact) mass is 423 g/mol. The van der Waals surface area contributed by atoms with Crippen LogP contribution in [0.1, 0.15) is 31.1 Å². The van der Waals surface area contributed by atoms with E-state index < -0.39 is 0 Å². The van der Waals surface area contributed by atoms with Crippen LogP contribution in [-0.2, 0) is 4.79 Å². The Labute approximate surface area is 178 Å². The first-order valence-electron chi connectivity index (χ1n) is 9.51. The number of ketones is 1. The summed E-state index contributed by atoms with van der Waals surface area (Å²) in [6, 6.07) is 15.4. The number of anilines is 1. The number of aliphatic imine (C=N–C) groups is 1. The number of para-hydroxylation sites is 1. The Kier molecular flexibility index (Phi) is 5.52. The highest BCUT2D eigenvalue weighted by atomic mass is 32.2. The number of hydrogen-bond donors (Lipinski definition) is 0. The van der Waals surface area contributed by atoms with Crippen molar-refractivity contribution in [3.8, 4) is 0 Å². The molecular weight excluding hydrogens is 402 g/mol. The molecule has 148 valence electrons. The van der Waals surface area contributed by atoms with Crippen molar-refractivity contribution in [2.24, 2.45) is 4.99 Å². The number of hydrogen-bond acceptors (Lipinski definition) is 6. The molecule has 0 N–H and O–H groups in total. The van der Waals surface area contributed by atoms with Crippen molar-refractivity contribution in [1.82, 2.24) is 4.90 Å². The lowest BCUT2D eigenvalue weighted by Crippen LogP contribution is -2.29. The van der Waals surface area contributed by atoms with Gasteiger partial charge in [0.25, 0.3) is 5.91 Å². The third-order valence-electron chi connectivity index (χ3n) is 4.80. The molecule has 7 heteroatoms. The summed E-state index contributed by atoms with van der Waals surface area (Å²) in [5, 5.41) is 1.64. The molecule has 0 radical (unpaired) electrons. The third kappa shape index (κ3) is 3.60. The summed E-state index contributed by atoms with van der Waals surface area (Å²) in [6.45, 7) is 6.93. The van der Waals surface area contributed by atoms with E-state index in [9.17, 15) is 9.59 Å². The van der Waals surface area contributed by atoms with Gasteiger partial charge in [-0.25, -0.2) is 4.99 Å². The molecule has 0 spiro atoms. The smallest absolute Gasteiger partial charge is 0.269 e. The fraction of sp³-hybridized carbons (Fsp3) is 0.227. The van der Waals surface area contributed by atoms with E-state index >= 15 is 0 Å². The van der Waals surface area contributed by atoms with Gasteiger partial charge in [-0.05, 0) is 68.9 Å². The van der Waals surface area contributed by atoms with Gasteiger partial charge in [-0.15, -0.1) is 0 Å². The number of nitrogens with zero attached hydrogens (tertiary/aromatic N) is 3. The summed E-state index contributed by atoms with van der Waals surface area (Å²) in [4.78, 5) is 35.1. The van der Waals surface area contributed by atoms with Crippen molar-refractivity contribution in [1.29, 1.82) is 0 Å². The Morgan fingerprint density at radius 1 is 0.966 bits per heavy atom. The van der Waals surface area contributed by atoms with E-state index in [1.54, 1.807) is 35.7 Å². The minimum atomic E-state index is -0.00892. The SMILES string of the molecule is CCN1C(=O)C(=C2Sc3ccccc3N2CC)SC1=Nc1ccc(C(C)=O)cc1. The standard InChI is InChI=1S/C22H21N3O2S2/c1-4-24-17-8-6-7-9-18(17)28-21(24)19-20(27)25(5-2)22(29-19)23-16-12-10-15(11-13-16)14(3)26/h6-13H,4-5H2,1-3H3. The Balaban J connectivity index is 1.70. The number of Topliss-reactive ketones (excluding diaryl/α,β-unsaturated/α-hetero) is 1. The van der Waals surface area contributed by atoms with Crippen LogP contribution >= 0.6 is 23.5 Å². The van der Waals surface area contributed by atoms with Gasteiger partial charge in [0.1, 0.15) is 9.93 Å². The Bertz CT molecular complexity index is 1040. The molecule has 2 aliphatic heterocycles. The molecule has 0 aliphatic carbocycles. The summed E-state index contributed by atoms with van der Waals surface area (Å²) in [5.74, 6) is 0.0136. The molecule has 4 rings (SSSR count). The fourth-order valence-electron chi connectivity index (χ4n) is 3.30. The highest BCUT2D eigenvalue weighted by molar-refractivity contribution is 8.19. The van der Waals surface area contributed by atoms with Crippen molar-refractivity contribution in [2.75, 3.05) is 18.0 Å². The van der Waals surface area contributed by atoms with Gasteiger partial charge < -0.3 is 4.90 Å². The maximum atomic E-state index is 13.2. The molecule has 29 heavy (non-hydrogen) atoms. The second-order valence-electron chi connectivity index (χ2n) is 6.60. The molecule has 2 aromatic rings. The number of carbonyl (C=O) groups is 2. The Morgan fingerprint density at radius 3 is 2.31 bits per heavy atom. The van der Waals surface area contributed by atoms with Crippen LogP contribution in [0.4, 0.5) is 11.4 Å². The highest BCUT2D eigenvalue weighted by Crippen LogP contribution is 2.50. The molecule has 2 aromatic carbocycles. The lowest BCUT2D eigenvalue weighted by molar-refractivity contribution is -0.122. The van der Waals surface area contributed by atoms with Crippen LogP contribution in [0.15, 0.2) is 68.4 Å². The second kappa shape index (κ2) is 8.08. The molecule has 5 nitrogen and oxygen atoms in total. The number of fused-ring (bicyclic) bond motifs is 1. The van der Waals surface area contributed by atoms with E-state index in [0.717, 1.165) is 22.9 Å². The first-order chi connectivity index (χ1) is 14.0. The van der Waals surface area contributed by atoms with Crippen molar-refractivity contribution < 1.29 is 9.59 Å². The first kappa shape index (κ1) is 19.8. The van der Waals surface area contributed by atoms with Crippen molar-refractivity contribution in [3.05, 3.63) is 64.0 Å². The van der Waals surface area contributed by atoms with Gasteiger partial charge >= 0.3 is 0 Å². The van der Waals surface area contributed by atoms with E-state index in [2.05, 4.69) is 24.0 Å². The van der Waals surface area contributed by atoms with E-state index in [0.29, 0.717) is 22.2 Å². The van der Waals surface area contributed by atoms with Crippen LogP contribution in [-0.4, -0.2) is 34.8 Å². The number of amidine groups is 1. The number of thioether (sulfide) groups is 2. The molecule has 0 aromatic heterocycles. The average molecular weight is 424 g/mol. The molecule has 1 amide bonds. The molecule has 0 unspecified atom stereocenters. The van der Waals surface area contributed by atoms with Crippen LogP contribution in [0.25, 0.3) is 0 Å². The number of likely N-dealkylation sites (N-methyl/N-ethyl adjacent to an activating group) is 1. The van der Waals surface area contributed by atoms with Crippen molar-refractivity contribution >= 4 is 51.8 Å². The Hall–Kier alpha value is -2.51. The van der Waals surface area contributed by atoms with Crippen molar-refractivity contribution in [2.45, 2.75) is 25.7 Å². The van der Waals surface area contributed by atoms with Crippen LogP contribution in [0.3, 0.4) is 0 Å². The lowest BCUT2D eigenvalue weighted by Gasteiger charge is -2.19. The summed E-state index contributed by atoms with van der Waals surface area (Å²) in [5.41, 5.74) is 2.52. The summed E-state index contributed by atoms with van der Waals surface area (Å²) >= 11 is 3.06. The van der Waals surface area contributed by atoms with Gasteiger partial charge in [0.2, 0.25) is 0 Å². The largest absolute Gasteiger partial charge is 0.334 e. The van der Waals surface area contributed by atoms with Crippen molar-refractivity contribution in [3.63, 3.8) is 0 Å². The average Bonchev–Trinajstić information content (AvgIpc) is 3.25. The minimum Gasteiger partial charge on any atom is -0.334 e. The number of amides is 1. The van der Waals surface area contributed by atoms with E-state index in [-0.39, 0.29) is 11.7 Å². The fourth-order valence-corrected chi connectivity index (χ4v) is 5.75. The zero-order chi connectivity index (χ0) is 20.5. The second-order valence-corrected chi connectivity index (χ2v) is 8.61. The normalized spacial score (nSPS) is 20.0. The quantitative estimate of drug-likeness (QED) is 0.495. The number of carbonyl (C=O) groups excluding carboxylic acids is 2. The maximum Gasteiger partial charge on any atom is 0.269 e. The summed E-state index contributed by atoms with van der Waals surface area (Å²) in [6.07, 6.45) is 0. The molecular formula is C22H21N3O2S2. The highest BCUT2D eigenvalue weighted by Gasteiger charge is 2.38. The molecule has 0 bridgehead atoms. The number of benzene rings is 2. The van der Waals surface area contributed by atoms with Crippen LogP contribution in [0, 0.1) is 0 Å². The number of rotatable bonds is 4. The zero-order valence-electron chi connectivity index (χ0n) is 16.5. The van der Waals surface area contributed by atoms with Crippen LogP contribution in [0.2, 0.25) is 0 Å². The molecule has 0 atom stereocenters. The van der Waals surface area contributed by atoms with E-state index in [4.69, 9.17) is 4.99 Å². The molecule has 1 saturated heterocycles. The topological polar surface area (TPSA) is 53.0 Å². The first-order valence-corrected chi connectivity index (χ1v) is 11.1.